The Labute approximate surface area is 176 Å². The van der Waals surface area contributed by atoms with Gasteiger partial charge in [-0.15, -0.1) is 6.42 Å². The minimum atomic E-state index is 0.0167. The summed E-state index contributed by atoms with van der Waals surface area (Å²) in [6, 6.07) is 11.9. The summed E-state index contributed by atoms with van der Waals surface area (Å²) >= 11 is 0. The molecule has 3 heterocycles. The van der Waals surface area contributed by atoms with Crippen molar-refractivity contribution in [1.82, 2.24) is 20.2 Å². The number of urea groups is 1. The number of pyridine rings is 1. The van der Waals surface area contributed by atoms with Gasteiger partial charge in [-0.2, -0.15) is 0 Å². The Hall–Kier alpha value is -3.46. The summed E-state index contributed by atoms with van der Waals surface area (Å²) in [5.74, 6) is 3.67. The third-order valence-electron chi connectivity index (χ3n) is 5.64. The molecule has 0 radical (unpaired) electrons. The molecule has 1 aliphatic rings. The minimum Gasteiger partial charge on any atom is -0.481 e. The second-order valence-corrected chi connectivity index (χ2v) is 7.52. The summed E-state index contributed by atoms with van der Waals surface area (Å²) in [5, 5.41) is 4.23. The molecule has 1 fully saturated rings. The summed E-state index contributed by atoms with van der Waals surface area (Å²) in [6.07, 6.45) is 11.8. The topological polar surface area (TPSA) is 70.2 Å². The number of aromatic nitrogens is 2. The van der Waals surface area contributed by atoms with Crippen LogP contribution < -0.4 is 10.1 Å². The first-order valence-electron chi connectivity index (χ1n) is 10.3. The Bertz CT molecular complexity index is 1030. The molecule has 154 valence electrons. The number of rotatable bonds is 6. The van der Waals surface area contributed by atoms with E-state index in [0.29, 0.717) is 12.5 Å². The predicted octanol–water partition coefficient (Wildman–Crippen LogP) is 3.71. The van der Waals surface area contributed by atoms with E-state index in [1.54, 1.807) is 6.20 Å². The van der Waals surface area contributed by atoms with E-state index in [9.17, 15) is 4.79 Å². The van der Waals surface area contributed by atoms with E-state index < -0.39 is 0 Å². The Balaban J connectivity index is 1.22. The molecule has 2 aromatic heterocycles. The maximum atomic E-state index is 12.5. The highest BCUT2D eigenvalue weighted by Crippen LogP contribution is 2.32. The van der Waals surface area contributed by atoms with E-state index in [1.165, 1.54) is 10.9 Å². The van der Waals surface area contributed by atoms with Gasteiger partial charge in [-0.3, -0.25) is 0 Å². The number of piperidine rings is 1. The lowest BCUT2D eigenvalue weighted by atomic mass is 9.89. The largest absolute Gasteiger partial charge is 0.481 e. The van der Waals surface area contributed by atoms with Crippen molar-refractivity contribution in [2.75, 3.05) is 26.2 Å². The highest BCUT2D eigenvalue weighted by Gasteiger charge is 2.25. The van der Waals surface area contributed by atoms with Crippen LogP contribution in [-0.4, -0.2) is 47.1 Å². The number of amides is 2. The Morgan fingerprint density at radius 1 is 1.27 bits per heavy atom. The first kappa shape index (κ1) is 19.8. The second kappa shape index (κ2) is 9.36. The van der Waals surface area contributed by atoms with Gasteiger partial charge in [0.25, 0.3) is 0 Å². The third-order valence-corrected chi connectivity index (χ3v) is 5.64. The van der Waals surface area contributed by atoms with E-state index in [2.05, 4.69) is 33.5 Å². The fourth-order valence-electron chi connectivity index (χ4n) is 4.01. The molecule has 0 atom stereocenters. The van der Waals surface area contributed by atoms with Gasteiger partial charge >= 0.3 is 6.03 Å². The van der Waals surface area contributed by atoms with Crippen LogP contribution in [0.3, 0.4) is 0 Å². The molecule has 0 bridgehead atoms. The predicted molar refractivity (Wildman–Crippen MR) is 118 cm³/mol. The molecule has 30 heavy (non-hydrogen) atoms. The Morgan fingerprint density at radius 2 is 2.07 bits per heavy atom. The SMILES string of the molecule is C#CCOc1ccc(CCNC(=O)N2CCC(c3c[nH]c4ncccc34)CC2)cc1. The van der Waals surface area contributed by atoms with Crippen LogP contribution in [0.2, 0.25) is 0 Å². The molecule has 1 aliphatic heterocycles. The highest BCUT2D eigenvalue weighted by atomic mass is 16.5. The summed E-state index contributed by atoms with van der Waals surface area (Å²) in [6.45, 7) is 2.41. The monoisotopic (exact) mass is 402 g/mol. The lowest BCUT2D eigenvalue weighted by Gasteiger charge is -2.32. The van der Waals surface area contributed by atoms with Gasteiger partial charge in [0.05, 0.1) is 0 Å². The molecule has 0 saturated carbocycles. The zero-order valence-corrected chi connectivity index (χ0v) is 16.9. The minimum absolute atomic E-state index is 0.0167. The van der Waals surface area contributed by atoms with Crippen LogP contribution in [0.1, 0.15) is 29.9 Å². The number of terminal acetylenes is 1. The maximum Gasteiger partial charge on any atom is 0.317 e. The van der Waals surface area contributed by atoms with Gasteiger partial charge in [-0.05, 0) is 60.6 Å². The number of ether oxygens (including phenoxy) is 1. The fourth-order valence-corrected chi connectivity index (χ4v) is 4.01. The van der Waals surface area contributed by atoms with E-state index in [1.807, 2.05) is 35.2 Å². The number of nitrogens with one attached hydrogen (secondary N) is 2. The molecule has 1 saturated heterocycles. The van der Waals surface area contributed by atoms with Crippen molar-refractivity contribution in [2.45, 2.75) is 25.2 Å². The number of fused-ring (bicyclic) bond motifs is 1. The van der Waals surface area contributed by atoms with Crippen LogP contribution in [0, 0.1) is 12.3 Å². The highest BCUT2D eigenvalue weighted by molar-refractivity contribution is 5.80. The smallest absolute Gasteiger partial charge is 0.317 e. The van der Waals surface area contributed by atoms with Crippen LogP contribution in [-0.2, 0) is 6.42 Å². The number of carbonyl (C=O) groups is 1. The van der Waals surface area contributed by atoms with Crippen molar-refractivity contribution < 1.29 is 9.53 Å². The molecule has 0 spiro atoms. The number of nitrogens with zero attached hydrogens (tertiary/aromatic N) is 2. The summed E-state index contributed by atoms with van der Waals surface area (Å²) in [7, 11) is 0. The molecule has 3 aromatic rings. The lowest BCUT2D eigenvalue weighted by Crippen LogP contribution is -2.44. The van der Waals surface area contributed by atoms with Crippen molar-refractivity contribution in [1.29, 1.82) is 0 Å². The molecular formula is C24H26N4O2. The standard InChI is InChI=1S/C24H26N4O2/c1-2-16-30-20-7-5-18(6-8-20)9-13-26-24(29)28-14-10-19(11-15-28)22-17-27-23-21(22)4-3-12-25-23/h1,3-8,12,17,19H,9-11,13-16H2,(H,25,27)(H,26,29). The van der Waals surface area contributed by atoms with E-state index in [-0.39, 0.29) is 12.6 Å². The number of H-pyrrole nitrogens is 1. The fraction of sp³-hybridized carbons (Fsp3) is 0.333. The van der Waals surface area contributed by atoms with Gasteiger partial charge in [0.2, 0.25) is 0 Å². The zero-order valence-electron chi connectivity index (χ0n) is 16.9. The van der Waals surface area contributed by atoms with Gasteiger partial charge in [-0.25, -0.2) is 9.78 Å². The molecule has 6 heteroatoms. The van der Waals surface area contributed by atoms with Crippen LogP contribution in [0.5, 0.6) is 5.75 Å². The Kier molecular flexibility index (Phi) is 6.19. The molecule has 0 unspecified atom stereocenters. The van der Waals surface area contributed by atoms with E-state index >= 15 is 0 Å². The quantitative estimate of drug-likeness (QED) is 0.618. The van der Waals surface area contributed by atoms with Gasteiger partial charge in [0, 0.05) is 37.4 Å². The van der Waals surface area contributed by atoms with Crippen LogP contribution >= 0.6 is 0 Å². The van der Waals surface area contributed by atoms with Crippen molar-refractivity contribution in [3.05, 3.63) is 59.9 Å². The normalized spacial score (nSPS) is 14.4. The van der Waals surface area contributed by atoms with Crippen molar-refractivity contribution >= 4 is 17.1 Å². The summed E-state index contributed by atoms with van der Waals surface area (Å²) in [5.41, 5.74) is 3.39. The first-order valence-corrected chi connectivity index (χ1v) is 10.3. The van der Waals surface area contributed by atoms with Gasteiger partial charge in [0.15, 0.2) is 0 Å². The number of likely N-dealkylation sites (tertiary alicyclic amines) is 1. The molecular weight excluding hydrogens is 376 g/mol. The molecule has 2 amide bonds. The Morgan fingerprint density at radius 3 is 2.83 bits per heavy atom. The van der Waals surface area contributed by atoms with Crippen LogP contribution in [0.4, 0.5) is 4.79 Å². The number of carbonyl (C=O) groups excluding carboxylic acids is 1. The third kappa shape index (κ3) is 4.57. The number of benzene rings is 1. The van der Waals surface area contributed by atoms with Crippen molar-refractivity contribution in [3.63, 3.8) is 0 Å². The van der Waals surface area contributed by atoms with E-state index in [0.717, 1.165) is 49.3 Å². The molecule has 6 nitrogen and oxygen atoms in total. The van der Waals surface area contributed by atoms with Crippen LogP contribution in [0.25, 0.3) is 11.0 Å². The maximum absolute atomic E-state index is 12.5. The van der Waals surface area contributed by atoms with Gasteiger partial charge in [-0.1, -0.05) is 18.1 Å². The second-order valence-electron chi connectivity index (χ2n) is 7.52. The average molecular weight is 402 g/mol. The molecule has 2 N–H and O–H groups in total. The molecule has 1 aromatic carbocycles. The molecule has 4 rings (SSSR count). The summed E-state index contributed by atoms with van der Waals surface area (Å²) < 4.78 is 5.37. The lowest BCUT2D eigenvalue weighted by molar-refractivity contribution is 0.181. The average Bonchev–Trinajstić information content (AvgIpc) is 3.23. The first-order chi connectivity index (χ1) is 14.7. The van der Waals surface area contributed by atoms with Crippen molar-refractivity contribution in [3.8, 4) is 18.1 Å². The number of hydrogen-bond acceptors (Lipinski definition) is 3. The number of hydrogen-bond donors (Lipinski definition) is 2. The molecule has 0 aliphatic carbocycles. The van der Waals surface area contributed by atoms with Gasteiger partial charge in [0.1, 0.15) is 18.0 Å². The van der Waals surface area contributed by atoms with Crippen molar-refractivity contribution in [2.24, 2.45) is 0 Å². The van der Waals surface area contributed by atoms with Crippen LogP contribution in [0.15, 0.2) is 48.8 Å². The number of aromatic amines is 1. The van der Waals surface area contributed by atoms with E-state index in [4.69, 9.17) is 11.2 Å². The zero-order chi connectivity index (χ0) is 20.8. The van der Waals surface area contributed by atoms with Gasteiger partial charge < -0.3 is 19.9 Å². The summed E-state index contributed by atoms with van der Waals surface area (Å²) in [4.78, 5) is 22.1.